The van der Waals surface area contributed by atoms with Crippen LogP contribution in [0.25, 0.3) is 0 Å². The Hall–Kier alpha value is -0.870. The molecule has 0 aliphatic carbocycles. The monoisotopic (exact) mass is 251 g/mol. The SMILES string of the molecule is COCCCn1c(C(C)(C)C)nc2c1CCNC2. The number of aromatic nitrogens is 2. The van der Waals surface area contributed by atoms with Crippen LogP contribution in [-0.4, -0.2) is 29.8 Å². The minimum atomic E-state index is 0.102. The molecule has 0 amide bonds. The van der Waals surface area contributed by atoms with Gasteiger partial charge in [0.05, 0.1) is 5.69 Å². The van der Waals surface area contributed by atoms with Gasteiger partial charge in [-0.05, 0) is 6.42 Å². The summed E-state index contributed by atoms with van der Waals surface area (Å²) in [6.45, 7) is 10.5. The first-order valence-electron chi connectivity index (χ1n) is 6.82. The molecule has 1 N–H and O–H groups in total. The maximum atomic E-state index is 5.16. The Labute approximate surface area is 110 Å². The predicted octanol–water partition coefficient (Wildman–Crippen LogP) is 1.86. The van der Waals surface area contributed by atoms with Crippen LogP contribution in [0.1, 0.15) is 44.4 Å². The van der Waals surface area contributed by atoms with E-state index in [0.717, 1.165) is 39.1 Å². The summed E-state index contributed by atoms with van der Waals surface area (Å²) in [5.41, 5.74) is 2.77. The predicted molar refractivity (Wildman–Crippen MR) is 72.8 cm³/mol. The van der Waals surface area contributed by atoms with Crippen molar-refractivity contribution in [1.29, 1.82) is 0 Å². The Bertz CT molecular complexity index is 404. The zero-order valence-electron chi connectivity index (χ0n) is 12.0. The lowest BCUT2D eigenvalue weighted by Crippen LogP contribution is -2.25. The van der Waals surface area contributed by atoms with Crippen LogP contribution in [0.2, 0.25) is 0 Å². The molecule has 0 atom stereocenters. The van der Waals surface area contributed by atoms with Crippen LogP contribution in [0.15, 0.2) is 0 Å². The number of imidazole rings is 1. The van der Waals surface area contributed by atoms with E-state index in [1.54, 1.807) is 7.11 Å². The van der Waals surface area contributed by atoms with Gasteiger partial charge in [-0.2, -0.15) is 0 Å². The number of methoxy groups -OCH3 is 1. The molecule has 102 valence electrons. The number of fused-ring (bicyclic) bond motifs is 1. The topological polar surface area (TPSA) is 39.1 Å². The zero-order chi connectivity index (χ0) is 13.2. The Kier molecular flexibility index (Phi) is 4.07. The van der Waals surface area contributed by atoms with E-state index in [4.69, 9.17) is 9.72 Å². The van der Waals surface area contributed by atoms with Crippen molar-refractivity contribution >= 4 is 0 Å². The smallest absolute Gasteiger partial charge is 0.114 e. The maximum absolute atomic E-state index is 5.16. The number of ether oxygens (including phenoxy) is 1. The lowest BCUT2D eigenvalue weighted by Gasteiger charge is -2.21. The van der Waals surface area contributed by atoms with Gasteiger partial charge in [-0.1, -0.05) is 20.8 Å². The summed E-state index contributed by atoms with van der Waals surface area (Å²) in [5, 5.41) is 3.40. The van der Waals surface area contributed by atoms with E-state index in [2.05, 4.69) is 30.7 Å². The van der Waals surface area contributed by atoms with Crippen LogP contribution in [0.3, 0.4) is 0 Å². The van der Waals surface area contributed by atoms with E-state index in [1.165, 1.54) is 17.2 Å². The summed E-state index contributed by atoms with van der Waals surface area (Å²) in [7, 11) is 1.76. The van der Waals surface area contributed by atoms with Crippen molar-refractivity contribution in [3.05, 3.63) is 17.2 Å². The van der Waals surface area contributed by atoms with Crippen LogP contribution in [0.5, 0.6) is 0 Å². The van der Waals surface area contributed by atoms with Gasteiger partial charge in [-0.15, -0.1) is 0 Å². The molecule has 0 aromatic carbocycles. The lowest BCUT2D eigenvalue weighted by atomic mass is 9.95. The average Bonchev–Trinajstić information content (AvgIpc) is 2.69. The van der Waals surface area contributed by atoms with Crippen molar-refractivity contribution in [2.24, 2.45) is 0 Å². The summed E-state index contributed by atoms with van der Waals surface area (Å²) in [5.74, 6) is 1.22. The molecule has 1 aliphatic rings. The molecular weight excluding hydrogens is 226 g/mol. The van der Waals surface area contributed by atoms with Gasteiger partial charge >= 0.3 is 0 Å². The summed E-state index contributed by atoms with van der Waals surface area (Å²) >= 11 is 0. The van der Waals surface area contributed by atoms with Gasteiger partial charge in [-0.3, -0.25) is 0 Å². The molecule has 0 saturated carbocycles. The quantitative estimate of drug-likeness (QED) is 0.830. The third-order valence-electron chi connectivity index (χ3n) is 3.39. The lowest BCUT2D eigenvalue weighted by molar-refractivity contribution is 0.189. The van der Waals surface area contributed by atoms with E-state index in [9.17, 15) is 0 Å². The van der Waals surface area contributed by atoms with Gasteiger partial charge < -0.3 is 14.6 Å². The Morgan fingerprint density at radius 2 is 2.17 bits per heavy atom. The van der Waals surface area contributed by atoms with E-state index < -0.39 is 0 Å². The molecule has 4 heteroatoms. The number of hydrogen-bond donors (Lipinski definition) is 1. The summed E-state index contributed by atoms with van der Waals surface area (Å²) in [4.78, 5) is 4.86. The Balaban J connectivity index is 2.30. The van der Waals surface area contributed by atoms with Crippen molar-refractivity contribution in [1.82, 2.24) is 14.9 Å². The summed E-state index contributed by atoms with van der Waals surface area (Å²) < 4.78 is 7.59. The second-order valence-electron chi connectivity index (χ2n) is 6.00. The first kappa shape index (κ1) is 13.6. The highest BCUT2D eigenvalue weighted by atomic mass is 16.5. The van der Waals surface area contributed by atoms with Crippen LogP contribution < -0.4 is 5.32 Å². The third kappa shape index (κ3) is 2.75. The van der Waals surface area contributed by atoms with Gasteiger partial charge in [0.25, 0.3) is 0 Å². The minimum Gasteiger partial charge on any atom is -0.385 e. The number of nitrogens with zero attached hydrogens (tertiary/aromatic N) is 2. The molecule has 1 aromatic rings. The highest BCUT2D eigenvalue weighted by Crippen LogP contribution is 2.26. The second kappa shape index (κ2) is 5.41. The Morgan fingerprint density at radius 3 is 2.83 bits per heavy atom. The standard InChI is InChI=1S/C14H25N3O/c1-14(2,3)13-16-11-10-15-7-6-12(11)17(13)8-5-9-18-4/h15H,5-10H2,1-4H3. The number of rotatable bonds is 4. The Morgan fingerprint density at radius 1 is 1.39 bits per heavy atom. The second-order valence-corrected chi connectivity index (χ2v) is 6.00. The van der Waals surface area contributed by atoms with Crippen LogP contribution in [-0.2, 0) is 29.7 Å². The molecule has 0 unspecified atom stereocenters. The molecule has 0 spiro atoms. The molecule has 2 rings (SSSR count). The minimum absolute atomic E-state index is 0.102. The van der Waals surface area contributed by atoms with Crippen molar-refractivity contribution in [3.8, 4) is 0 Å². The molecule has 0 saturated heterocycles. The molecule has 1 aromatic heterocycles. The van der Waals surface area contributed by atoms with Crippen LogP contribution >= 0.6 is 0 Å². The van der Waals surface area contributed by atoms with Gasteiger partial charge in [0, 0.05) is 50.9 Å². The molecule has 0 radical (unpaired) electrons. The number of hydrogen-bond acceptors (Lipinski definition) is 3. The molecule has 1 aliphatic heterocycles. The molecular formula is C14H25N3O. The highest BCUT2D eigenvalue weighted by Gasteiger charge is 2.26. The molecule has 4 nitrogen and oxygen atoms in total. The first-order valence-corrected chi connectivity index (χ1v) is 6.82. The van der Waals surface area contributed by atoms with Gasteiger partial charge in [0.1, 0.15) is 5.82 Å². The fourth-order valence-corrected chi connectivity index (χ4v) is 2.55. The largest absolute Gasteiger partial charge is 0.385 e. The molecule has 0 fully saturated rings. The van der Waals surface area contributed by atoms with Crippen LogP contribution in [0.4, 0.5) is 0 Å². The summed E-state index contributed by atoms with van der Waals surface area (Å²) in [6, 6.07) is 0. The fraction of sp³-hybridized carbons (Fsp3) is 0.786. The highest BCUT2D eigenvalue weighted by molar-refractivity contribution is 5.23. The summed E-state index contributed by atoms with van der Waals surface area (Å²) in [6.07, 6.45) is 2.14. The van der Waals surface area contributed by atoms with Crippen molar-refractivity contribution in [3.63, 3.8) is 0 Å². The normalized spacial score (nSPS) is 15.8. The first-order chi connectivity index (χ1) is 8.54. The van der Waals surface area contributed by atoms with Gasteiger partial charge in [-0.25, -0.2) is 4.98 Å². The van der Waals surface area contributed by atoms with Crippen molar-refractivity contribution in [2.45, 2.75) is 52.1 Å². The fourth-order valence-electron chi connectivity index (χ4n) is 2.55. The van der Waals surface area contributed by atoms with Crippen molar-refractivity contribution < 1.29 is 4.74 Å². The third-order valence-corrected chi connectivity index (χ3v) is 3.39. The van der Waals surface area contributed by atoms with Crippen LogP contribution in [0, 0.1) is 0 Å². The molecule has 2 heterocycles. The van der Waals surface area contributed by atoms with E-state index in [-0.39, 0.29) is 5.41 Å². The van der Waals surface area contributed by atoms with E-state index in [1.807, 2.05) is 0 Å². The van der Waals surface area contributed by atoms with E-state index >= 15 is 0 Å². The zero-order valence-corrected chi connectivity index (χ0v) is 12.0. The van der Waals surface area contributed by atoms with E-state index in [0.29, 0.717) is 0 Å². The maximum Gasteiger partial charge on any atom is 0.114 e. The molecule has 0 bridgehead atoms. The van der Waals surface area contributed by atoms with Gasteiger partial charge in [0.2, 0.25) is 0 Å². The molecule has 18 heavy (non-hydrogen) atoms. The average molecular weight is 251 g/mol. The van der Waals surface area contributed by atoms with Gasteiger partial charge in [0.15, 0.2) is 0 Å². The van der Waals surface area contributed by atoms with Crippen molar-refractivity contribution in [2.75, 3.05) is 20.3 Å². The number of nitrogens with one attached hydrogen (secondary N) is 1.